The van der Waals surface area contributed by atoms with Gasteiger partial charge < -0.3 is 5.73 Å². The van der Waals surface area contributed by atoms with Crippen LogP contribution >= 0.6 is 11.3 Å². The second-order valence-electron chi connectivity index (χ2n) is 4.20. The van der Waals surface area contributed by atoms with E-state index in [0.29, 0.717) is 13.1 Å². The molecule has 19 heavy (non-hydrogen) atoms. The molecule has 0 aliphatic carbocycles. The molecule has 0 fully saturated rings. The third-order valence-corrected chi connectivity index (χ3v) is 5.26. The molecule has 1 aromatic carbocycles. The zero-order chi connectivity index (χ0) is 13.9. The van der Waals surface area contributed by atoms with Gasteiger partial charge in [0.2, 0.25) is 10.0 Å². The van der Waals surface area contributed by atoms with Gasteiger partial charge in [-0.25, -0.2) is 13.1 Å². The zero-order valence-electron chi connectivity index (χ0n) is 10.6. The summed E-state index contributed by atoms with van der Waals surface area (Å²) in [5.41, 5.74) is 7.42. The third kappa shape index (κ3) is 3.42. The van der Waals surface area contributed by atoms with Crippen molar-refractivity contribution in [1.29, 1.82) is 0 Å². The first-order valence-electron chi connectivity index (χ1n) is 5.84. The SMILES string of the molecule is Cc1ccsc1CNS(=O)(=O)c1cccc(CN)c1. The molecule has 0 bridgehead atoms. The van der Waals surface area contributed by atoms with Crippen LogP contribution < -0.4 is 10.5 Å². The van der Waals surface area contributed by atoms with Gasteiger partial charge in [-0.3, -0.25) is 0 Å². The van der Waals surface area contributed by atoms with Crippen molar-refractivity contribution in [1.82, 2.24) is 4.72 Å². The number of thiophene rings is 1. The molecule has 0 saturated carbocycles. The molecule has 102 valence electrons. The van der Waals surface area contributed by atoms with Gasteiger partial charge in [-0.15, -0.1) is 11.3 Å². The Bertz CT molecular complexity index is 663. The monoisotopic (exact) mass is 296 g/mol. The highest BCUT2D eigenvalue weighted by atomic mass is 32.2. The topological polar surface area (TPSA) is 72.2 Å². The second-order valence-corrected chi connectivity index (χ2v) is 6.97. The van der Waals surface area contributed by atoms with E-state index in [4.69, 9.17) is 5.73 Å². The van der Waals surface area contributed by atoms with Crippen LogP contribution in [0.5, 0.6) is 0 Å². The lowest BCUT2D eigenvalue weighted by Gasteiger charge is -2.07. The molecule has 0 aliphatic rings. The van der Waals surface area contributed by atoms with Crippen molar-refractivity contribution < 1.29 is 8.42 Å². The Hall–Kier alpha value is -1.21. The average molecular weight is 296 g/mol. The van der Waals surface area contributed by atoms with Crippen LogP contribution in [0.4, 0.5) is 0 Å². The number of rotatable bonds is 5. The van der Waals surface area contributed by atoms with E-state index < -0.39 is 10.0 Å². The van der Waals surface area contributed by atoms with E-state index in [1.165, 1.54) is 0 Å². The fraction of sp³-hybridized carbons (Fsp3) is 0.231. The minimum Gasteiger partial charge on any atom is -0.326 e. The highest BCUT2D eigenvalue weighted by Crippen LogP contribution is 2.17. The van der Waals surface area contributed by atoms with Crippen molar-refractivity contribution in [3.05, 3.63) is 51.7 Å². The summed E-state index contributed by atoms with van der Waals surface area (Å²) in [7, 11) is -3.48. The van der Waals surface area contributed by atoms with Crippen LogP contribution in [0, 0.1) is 6.92 Å². The molecule has 2 rings (SSSR count). The molecular formula is C13H16N2O2S2. The first-order valence-corrected chi connectivity index (χ1v) is 8.21. The quantitative estimate of drug-likeness (QED) is 0.886. The maximum Gasteiger partial charge on any atom is 0.240 e. The minimum absolute atomic E-state index is 0.254. The number of nitrogens with one attached hydrogen (secondary N) is 1. The van der Waals surface area contributed by atoms with E-state index in [-0.39, 0.29) is 4.90 Å². The number of aryl methyl sites for hydroxylation is 1. The summed E-state index contributed by atoms with van der Waals surface area (Å²) in [5.74, 6) is 0. The van der Waals surface area contributed by atoms with Gasteiger partial charge >= 0.3 is 0 Å². The fourth-order valence-corrected chi connectivity index (χ4v) is 3.67. The van der Waals surface area contributed by atoms with Gasteiger partial charge in [-0.05, 0) is 41.6 Å². The van der Waals surface area contributed by atoms with Gasteiger partial charge in [0.25, 0.3) is 0 Å². The summed E-state index contributed by atoms with van der Waals surface area (Å²) >= 11 is 1.55. The summed E-state index contributed by atoms with van der Waals surface area (Å²) in [6, 6.07) is 8.66. The van der Waals surface area contributed by atoms with Crippen LogP contribution in [-0.4, -0.2) is 8.42 Å². The van der Waals surface area contributed by atoms with E-state index in [1.807, 2.05) is 24.4 Å². The molecule has 0 aliphatic heterocycles. The van der Waals surface area contributed by atoms with E-state index in [0.717, 1.165) is 16.0 Å². The Morgan fingerprint density at radius 2 is 2.11 bits per heavy atom. The maximum absolute atomic E-state index is 12.2. The van der Waals surface area contributed by atoms with Crippen molar-refractivity contribution in [2.45, 2.75) is 24.9 Å². The van der Waals surface area contributed by atoms with Gasteiger partial charge in [0.1, 0.15) is 0 Å². The lowest BCUT2D eigenvalue weighted by atomic mass is 10.2. The first kappa shape index (κ1) is 14.2. The molecule has 0 saturated heterocycles. The summed E-state index contributed by atoms with van der Waals surface area (Å²) in [6.45, 7) is 2.61. The molecule has 3 N–H and O–H groups in total. The average Bonchev–Trinajstić information content (AvgIpc) is 2.82. The lowest BCUT2D eigenvalue weighted by Crippen LogP contribution is -2.23. The number of hydrogen-bond donors (Lipinski definition) is 2. The van der Waals surface area contributed by atoms with E-state index in [2.05, 4.69) is 4.72 Å². The van der Waals surface area contributed by atoms with Crippen molar-refractivity contribution in [3.63, 3.8) is 0 Å². The van der Waals surface area contributed by atoms with Gasteiger partial charge in [0.15, 0.2) is 0 Å². The summed E-state index contributed by atoms with van der Waals surface area (Å²) in [6.07, 6.45) is 0. The van der Waals surface area contributed by atoms with Crippen molar-refractivity contribution in [2.24, 2.45) is 5.73 Å². The second kappa shape index (κ2) is 5.83. The Morgan fingerprint density at radius 3 is 2.74 bits per heavy atom. The molecule has 0 atom stereocenters. The summed E-state index contributed by atoms with van der Waals surface area (Å²) in [5, 5.41) is 1.95. The number of hydrogen-bond acceptors (Lipinski definition) is 4. The molecule has 4 nitrogen and oxygen atoms in total. The van der Waals surface area contributed by atoms with Gasteiger partial charge in [0, 0.05) is 18.0 Å². The van der Waals surface area contributed by atoms with Crippen LogP contribution in [-0.2, 0) is 23.1 Å². The smallest absolute Gasteiger partial charge is 0.240 e. The van der Waals surface area contributed by atoms with Crippen molar-refractivity contribution >= 4 is 21.4 Å². The largest absolute Gasteiger partial charge is 0.326 e. The molecule has 0 unspecified atom stereocenters. The van der Waals surface area contributed by atoms with Crippen LogP contribution in [0.2, 0.25) is 0 Å². The van der Waals surface area contributed by atoms with Crippen molar-refractivity contribution in [2.75, 3.05) is 0 Å². The summed E-state index contributed by atoms with van der Waals surface area (Å²) in [4.78, 5) is 1.28. The molecule has 0 radical (unpaired) electrons. The Balaban J connectivity index is 2.16. The van der Waals surface area contributed by atoms with Crippen molar-refractivity contribution in [3.8, 4) is 0 Å². The third-order valence-electron chi connectivity index (χ3n) is 2.84. The molecular weight excluding hydrogens is 280 g/mol. The zero-order valence-corrected chi connectivity index (χ0v) is 12.2. The number of benzene rings is 1. The highest BCUT2D eigenvalue weighted by Gasteiger charge is 2.14. The van der Waals surface area contributed by atoms with Gasteiger partial charge in [0.05, 0.1) is 4.90 Å². The Kier molecular flexibility index (Phi) is 4.36. The van der Waals surface area contributed by atoms with Crippen LogP contribution in [0.1, 0.15) is 16.0 Å². The van der Waals surface area contributed by atoms with Gasteiger partial charge in [-0.1, -0.05) is 12.1 Å². The fourth-order valence-electron chi connectivity index (χ4n) is 1.67. The maximum atomic E-state index is 12.2. The molecule has 1 heterocycles. The number of nitrogens with two attached hydrogens (primary N) is 1. The molecule has 0 amide bonds. The van der Waals surface area contributed by atoms with E-state index in [1.54, 1.807) is 29.5 Å². The number of sulfonamides is 1. The highest BCUT2D eigenvalue weighted by molar-refractivity contribution is 7.89. The standard InChI is InChI=1S/C13H16N2O2S2/c1-10-5-6-18-13(10)9-15-19(16,17)12-4-2-3-11(7-12)8-14/h2-7,15H,8-9,14H2,1H3. The first-order chi connectivity index (χ1) is 9.03. The van der Waals surface area contributed by atoms with Gasteiger partial charge in [-0.2, -0.15) is 0 Å². The normalized spacial score (nSPS) is 11.7. The minimum atomic E-state index is -3.48. The van der Waals surface area contributed by atoms with Crippen LogP contribution in [0.3, 0.4) is 0 Å². The molecule has 2 aromatic rings. The summed E-state index contributed by atoms with van der Waals surface area (Å²) < 4.78 is 26.9. The Labute approximate surface area is 117 Å². The van der Waals surface area contributed by atoms with E-state index >= 15 is 0 Å². The Morgan fingerprint density at radius 1 is 1.32 bits per heavy atom. The van der Waals surface area contributed by atoms with Crippen LogP contribution in [0.25, 0.3) is 0 Å². The lowest BCUT2D eigenvalue weighted by molar-refractivity contribution is 0.581. The molecule has 0 spiro atoms. The van der Waals surface area contributed by atoms with Crippen LogP contribution in [0.15, 0.2) is 40.6 Å². The predicted octanol–water partition coefficient (Wildman–Crippen LogP) is 1.99. The predicted molar refractivity (Wildman–Crippen MR) is 77.4 cm³/mol. The molecule has 1 aromatic heterocycles. The van der Waals surface area contributed by atoms with E-state index in [9.17, 15) is 8.42 Å². The molecule has 6 heteroatoms.